The van der Waals surface area contributed by atoms with E-state index in [1.54, 1.807) is 18.3 Å². The predicted molar refractivity (Wildman–Crippen MR) is 81.7 cm³/mol. The lowest BCUT2D eigenvalue weighted by Crippen LogP contribution is -2.46. The minimum Gasteiger partial charge on any atom is -0.268 e. The van der Waals surface area contributed by atoms with Crippen LogP contribution in [0.4, 0.5) is 4.39 Å². The van der Waals surface area contributed by atoms with Crippen LogP contribution in [-0.4, -0.2) is 16.0 Å². The molecule has 0 radical (unpaired) electrons. The largest absolute Gasteiger partial charge is 0.268 e. The molecule has 1 aromatic carbocycles. The van der Waals surface area contributed by atoms with Crippen LogP contribution in [0.1, 0.15) is 37.8 Å². The van der Waals surface area contributed by atoms with Gasteiger partial charge < -0.3 is 0 Å². The van der Waals surface area contributed by atoms with Crippen molar-refractivity contribution >= 4 is 0 Å². The molecule has 0 amide bonds. The van der Waals surface area contributed by atoms with Gasteiger partial charge in [-0.05, 0) is 61.7 Å². The standard InChI is InChI=1S/C17H20FN3/c1-12(21(19)16-3-2-4-16)14-9-10-20-17(11-14)13-5-7-15(18)8-6-13/h5-12,16H,2-4,19H2,1H3. The Balaban J connectivity index is 1.83. The summed E-state index contributed by atoms with van der Waals surface area (Å²) in [6.45, 7) is 2.11. The molecule has 110 valence electrons. The number of hydrogen-bond donors (Lipinski definition) is 1. The molecule has 0 saturated heterocycles. The minimum absolute atomic E-state index is 0.150. The van der Waals surface area contributed by atoms with Crippen molar-refractivity contribution < 1.29 is 4.39 Å². The molecule has 2 N–H and O–H groups in total. The first kappa shape index (κ1) is 14.2. The van der Waals surface area contributed by atoms with Crippen molar-refractivity contribution in [1.29, 1.82) is 0 Å². The third kappa shape index (κ3) is 2.96. The van der Waals surface area contributed by atoms with Gasteiger partial charge >= 0.3 is 0 Å². The Morgan fingerprint density at radius 2 is 1.95 bits per heavy atom. The number of rotatable bonds is 4. The van der Waals surface area contributed by atoms with Crippen LogP contribution in [0, 0.1) is 5.82 Å². The molecule has 1 aliphatic rings. The third-order valence-electron chi connectivity index (χ3n) is 4.35. The van der Waals surface area contributed by atoms with Crippen LogP contribution in [0.5, 0.6) is 0 Å². The van der Waals surface area contributed by atoms with Crippen LogP contribution in [0.15, 0.2) is 42.6 Å². The first-order valence-electron chi connectivity index (χ1n) is 7.40. The Bertz CT molecular complexity index is 608. The molecule has 1 aliphatic carbocycles. The monoisotopic (exact) mass is 285 g/mol. The smallest absolute Gasteiger partial charge is 0.123 e. The summed E-state index contributed by atoms with van der Waals surface area (Å²) in [5.41, 5.74) is 2.90. The topological polar surface area (TPSA) is 42.2 Å². The molecule has 1 fully saturated rings. The summed E-state index contributed by atoms with van der Waals surface area (Å²) in [6.07, 6.45) is 5.41. The fourth-order valence-electron chi connectivity index (χ4n) is 2.66. The van der Waals surface area contributed by atoms with E-state index in [1.165, 1.54) is 31.4 Å². The normalized spacial score (nSPS) is 16.8. The van der Waals surface area contributed by atoms with Crippen LogP contribution in [0.25, 0.3) is 11.3 Å². The average molecular weight is 285 g/mol. The fraction of sp³-hybridized carbons (Fsp3) is 0.353. The summed E-state index contributed by atoms with van der Waals surface area (Å²) < 4.78 is 13.0. The number of hydrazine groups is 1. The highest BCUT2D eigenvalue weighted by molar-refractivity contribution is 5.59. The number of pyridine rings is 1. The highest BCUT2D eigenvalue weighted by Crippen LogP contribution is 2.30. The maximum absolute atomic E-state index is 13.0. The highest BCUT2D eigenvalue weighted by atomic mass is 19.1. The van der Waals surface area contributed by atoms with E-state index in [-0.39, 0.29) is 11.9 Å². The van der Waals surface area contributed by atoms with Crippen LogP contribution >= 0.6 is 0 Å². The van der Waals surface area contributed by atoms with Gasteiger partial charge in [0.2, 0.25) is 0 Å². The van der Waals surface area contributed by atoms with E-state index in [2.05, 4.69) is 11.9 Å². The van der Waals surface area contributed by atoms with Gasteiger partial charge in [0.25, 0.3) is 0 Å². The first-order chi connectivity index (χ1) is 10.1. The molecule has 1 atom stereocenters. The van der Waals surface area contributed by atoms with Crippen LogP contribution in [0.3, 0.4) is 0 Å². The van der Waals surface area contributed by atoms with Crippen molar-refractivity contribution in [3.63, 3.8) is 0 Å². The van der Waals surface area contributed by atoms with Gasteiger partial charge in [-0.2, -0.15) is 0 Å². The molecule has 2 aromatic rings. The lowest BCUT2D eigenvalue weighted by atomic mass is 9.91. The SMILES string of the molecule is CC(c1ccnc(-c2ccc(F)cc2)c1)N(N)C1CCC1. The van der Waals surface area contributed by atoms with Crippen LogP contribution in [0.2, 0.25) is 0 Å². The molecule has 3 nitrogen and oxygen atoms in total. The number of benzene rings is 1. The van der Waals surface area contributed by atoms with E-state index in [0.717, 1.165) is 16.8 Å². The van der Waals surface area contributed by atoms with Gasteiger partial charge in [0.1, 0.15) is 5.82 Å². The quantitative estimate of drug-likeness (QED) is 0.688. The molecule has 0 aliphatic heterocycles. The van der Waals surface area contributed by atoms with E-state index >= 15 is 0 Å². The number of nitrogens with zero attached hydrogens (tertiary/aromatic N) is 2. The Morgan fingerprint density at radius 3 is 2.57 bits per heavy atom. The van der Waals surface area contributed by atoms with Gasteiger partial charge in [-0.25, -0.2) is 9.40 Å². The van der Waals surface area contributed by atoms with Crippen LogP contribution in [-0.2, 0) is 0 Å². The molecular formula is C17H20FN3. The van der Waals surface area contributed by atoms with E-state index in [9.17, 15) is 4.39 Å². The summed E-state index contributed by atoms with van der Waals surface area (Å²) in [5, 5.41) is 1.95. The predicted octanol–water partition coefficient (Wildman–Crippen LogP) is 3.68. The molecule has 1 aromatic heterocycles. The van der Waals surface area contributed by atoms with E-state index in [4.69, 9.17) is 5.84 Å². The van der Waals surface area contributed by atoms with E-state index in [0.29, 0.717) is 6.04 Å². The molecule has 0 spiro atoms. The number of nitrogens with two attached hydrogens (primary N) is 1. The third-order valence-corrected chi connectivity index (χ3v) is 4.35. The molecule has 4 heteroatoms. The Hall–Kier alpha value is -1.78. The van der Waals surface area contributed by atoms with Crippen molar-refractivity contribution in [2.75, 3.05) is 0 Å². The number of aromatic nitrogens is 1. The number of hydrogen-bond acceptors (Lipinski definition) is 3. The summed E-state index contributed by atoms with van der Waals surface area (Å²) in [4.78, 5) is 4.38. The van der Waals surface area contributed by atoms with Crippen molar-refractivity contribution in [3.8, 4) is 11.3 Å². The second-order valence-electron chi connectivity index (χ2n) is 5.69. The van der Waals surface area contributed by atoms with Crippen molar-refractivity contribution in [1.82, 2.24) is 9.99 Å². The zero-order valence-electron chi connectivity index (χ0n) is 12.2. The van der Waals surface area contributed by atoms with E-state index in [1.807, 2.05) is 17.1 Å². The molecule has 1 saturated carbocycles. The van der Waals surface area contributed by atoms with Gasteiger partial charge in [0.05, 0.1) is 5.69 Å². The summed E-state index contributed by atoms with van der Waals surface area (Å²) >= 11 is 0. The van der Waals surface area contributed by atoms with Gasteiger partial charge in [-0.1, -0.05) is 6.42 Å². The molecule has 1 heterocycles. The fourth-order valence-corrected chi connectivity index (χ4v) is 2.66. The lowest BCUT2D eigenvalue weighted by molar-refractivity contribution is 0.0872. The van der Waals surface area contributed by atoms with Crippen molar-refractivity contribution in [2.45, 2.75) is 38.3 Å². The summed E-state index contributed by atoms with van der Waals surface area (Å²) in [6, 6.07) is 11.1. The maximum Gasteiger partial charge on any atom is 0.123 e. The zero-order valence-corrected chi connectivity index (χ0v) is 12.2. The van der Waals surface area contributed by atoms with Gasteiger partial charge in [0.15, 0.2) is 0 Å². The Labute approximate surface area is 124 Å². The molecular weight excluding hydrogens is 265 g/mol. The van der Waals surface area contributed by atoms with Gasteiger partial charge in [-0.15, -0.1) is 0 Å². The summed E-state index contributed by atoms with van der Waals surface area (Å²) in [7, 11) is 0. The molecule has 21 heavy (non-hydrogen) atoms. The van der Waals surface area contributed by atoms with Crippen molar-refractivity contribution in [2.24, 2.45) is 5.84 Å². The average Bonchev–Trinajstić information content (AvgIpc) is 2.45. The van der Waals surface area contributed by atoms with E-state index < -0.39 is 0 Å². The highest BCUT2D eigenvalue weighted by Gasteiger charge is 2.26. The molecule has 3 rings (SSSR count). The summed E-state index contributed by atoms with van der Waals surface area (Å²) in [5.74, 6) is 5.99. The second kappa shape index (κ2) is 5.92. The van der Waals surface area contributed by atoms with Crippen LogP contribution < -0.4 is 5.84 Å². The minimum atomic E-state index is -0.235. The second-order valence-corrected chi connectivity index (χ2v) is 5.69. The first-order valence-corrected chi connectivity index (χ1v) is 7.40. The maximum atomic E-state index is 13.0. The zero-order chi connectivity index (χ0) is 14.8. The number of halogens is 1. The van der Waals surface area contributed by atoms with Gasteiger partial charge in [-0.3, -0.25) is 10.8 Å². The lowest BCUT2D eigenvalue weighted by Gasteiger charge is -2.38. The Kier molecular flexibility index (Phi) is 3.99. The van der Waals surface area contributed by atoms with Gasteiger partial charge in [0, 0.05) is 23.8 Å². The van der Waals surface area contributed by atoms with Crippen molar-refractivity contribution in [3.05, 3.63) is 54.0 Å². The Morgan fingerprint density at radius 1 is 1.24 bits per heavy atom. The molecule has 0 bridgehead atoms. The molecule has 1 unspecified atom stereocenters.